The summed E-state index contributed by atoms with van der Waals surface area (Å²) in [7, 11) is 0. The summed E-state index contributed by atoms with van der Waals surface area (Å²) in [6.45, 7) is 3.73. The Kier molecular flexibility index (Phi) is 6.19. The average Bonchev–Trinajstić information content (AvgIpc) is 2.32. The lowest BCUT2D eigenvalue weighted by molar-refractivity contribution is -0.142. The summed E-state index contributed by atoms with van der Waals surface area (Å²) in [5.41, 5.74) is 1.74. The maximum absolute atomic E-state index is 12.2. The first-order valence-electron chi connectivity index (χ1n) is 6.23. The lowest BCUT2D eigenvalue weighted by atomic mass is 10.1. The third-order valence-electron chi connectivity index (χ3n) is 2.60. The van der Waals surface area contributed by atoms with Gasteiger partial charge in [-0.25, -0.2) is 0 Å². The number of para-hydroxylation sites is 1. The first kappa shape index (κ1) is 14.5. The summed E-state index contributed by atoms with van der Waals surface area (Å²) < 4.78 is 17.2. The molecule has 4 heteroatoms. The van der Waals surface area contributed by atoms with Gasteiger partial charge in [-0.05, 0) is 31.9 Å². The molecule has 0 saturated heterocycles. The minimum Gasteiger partial charge on any atom is -0.466 e. The number of esters is 1. The van der Waals surface area contributed by atoms with Gasteiger partial charge in [-0.1, -0.05) is 18.2 Å². The number of halogens is 1. The summed E-state index contributed by atoms with van der Waals surface area (Å²) in [6, 6.07) is 7.57. The lowest BCUT2D eigenvalue weighted by Crippen LogP contribution is -2.18. The van der Waals surface area contributed by atoms with Gasteiger partial charge in [0.1, 0.15) is 0 Å². The standard InChI is InChI=1S/C14H20FNO2/c1-3-18-14(17)10-12-6-4-5-7-13(12)16-11(2)8-9-15/h4-7,11,16H,3,8-10H2,1-2H3. The minimum atomic E-state index is -0.353. The second-order valence-corrected chi connectivity index (χ2v) is 4.16. The fraction of sp³-hybridized carbons (Fsp3) is 0.500. The van der Waals surface area contributed by atoms with Crippen LogP contribution < -0.4 is 5.32 Å². The van der Waals surface area contributed by atoms with Gasteiger partial charge in [0.2, 0.25) is 0 Å². The van der Waals surface area contributed by atoms with Crippen molar-refractivity contribution in [2.75, 3.05) is 18.6 Å². The van der Waals surface area contributed by atoms with Crippen LogP contribution in [0.3, 0.4) is 0 Å². The van der Waals surface area contributed by atoms with E-state index < -0.39 is 0 Å². The second-order valence-electron chi connectivity index (χ2n) is 4.16. The van der Waals surface area contributed by atoms with E-state index in [4.69, 9.17) is 4.74 Å². The number of carbonyl (C=O) groups excluding carboxylic acids is 1. The molecule has 1 rings (SSSR count). The SMILES string of the molecule is CCOC(=O)Cc1ccccc1NC(C)CCF. The molecule has 0 bridgehead atoms. The summed E-state index contributed by atoms with van der Waals surface area (Å²) in [5, 5.41) is 3.21. The quantitative estimate of drug-likeness (QED) is 0.759. The number of benzene rings is 1. The summed E-state index contributed by atoms with van der Waals surface area (Å²) >= 11 is 0. The number of ether oxygens (including phenoxy) is 1. The van der Waals surface area contributed by atoms with Crippen molar-refractivity contribution in [1.29, 1.82) is 0 Å². The normalized spacial score (nSPS) is 11.9. The van der Waals surface area contributed by atoms with E-state index in [1.165, 1.54) is 0 Å². The molecule has 100 valence electrons. The third kappa shape index (κ3) is 4.73. The number of carbonyl (C=O) groups is 1. The van der Waals surface area contributed by atoms with Crippen LogP contribution >= 0.6 is 0 Å². The van der Waals surface area contributed by atoms with E-state index in [2.05, 4.69) is 5.32 Å². The van der Waals surface area contributed by atoms with Crippen molar-refractivity contribution >= 4 is 11.7 Å². The van der Waals surface area contributed by atoms with E-state index in [0.717, 1.165) is 11.3 Å². The first-order valence-corrected chi connectivity index (χ1v) is 6.23. The van der Waals surface area contributed by atoms with E-state index in [1.807, 2.05) is 31.2 Å². The highest BCUT2D eigenvalue weighted by atomic mass is 19.1. The van der Waals surface area contributed by atoms with Crippen molar-refractivity contribution in [3.05, 3.63) is 29.8 Å². The zero-order chi connectivity index (χ0) is 13.4. The molecular formula is C14H20FNO2. The molecule has 1 aromatic carbocycles. The molecular weight excluding hydrogens is 233 g/mol. The van der Waals surface area contributed by atoms with E-state index in [1.54, 1.807) is 6.92 Å². The fourth-order valence-corrected chi connectivity index (χ4v) is 1.68. The molecule has 0 aromatic heterocycles. The van der Waals surface area contributed by atoms with Gasteiger partial charge in [0.15, 0.2) is 0 Å². The van der Waals surface area contributed by atoms with E-state index in [9.17, 15) is 9.18 Å². The molecule has 1 unspecified atom stereocenters. The summed E-state index contributed by atoms with van der Waals surface area (Å²) in [4.78, 5) is 11.5. The maximum atomic E-state index is 12.2. The Balaban J connectivity index is 2.70. The molecule has 0 saturated carbocycles. The van der Waals surface area contributed by atoms with Crippen LogP contribution in [0.25, 0.3) is 0 Å². The molecule has 0 aliphatic rings. The van der Waals surface area contributed by atoms with Crippen LogP contribution in [0.1, 0.15) is 25.8 Å². The fourth-order valence-electron chi connectivity index (χ4n) is 1.68. The molecule has 18 heavy (non-hydrogen) atoms. The number of hydrogen-bond acceptors (Lipinski definition) is 3. The number of hydrogen-bond donors (Lipinski definition) is 1. The molecule has 0 amide bonds. The van der Waals surface area contributed by atoms with E-state index in [0.29, 0.717) is 13.0 Å². The highest BCUT2D eigenvalue weighted by Crippen LogP contribution is 2.18. The molecule has 0 spiro atoms. The molecule has 0 heterocycles. The maximum Gasteiger partial charge on any atom is 0.310 e. The Bertz CT molecular complexity index is 382. The Hall–Kier alpha value is -1.58. The van der Waals surface area contributed by atoms with Crippen molar-refractivity contribution < 1.29 is 13.9 Å². The van der Waals surface area contributed by atoms with Crippen molar-refractivity contribution in [2.24, 2.45) is 0 Å². The topological polar surface area (TPSA) is 38.3 Å². The Morgan fingerprint density at radius 3 is 2.83 bits per heavy atom. The predicted octanol–water partition coefficient (Wildman–Crippen LogP) is 2.95. The average molecular weight is 253 g/mol. The Labute approximate surface area is 107 Å². The van der Waals surface area contributed by atoms with Crippen molar-refractivity contribution in [1.82, 2.24) is 0 Å². The van der Waals surface area contributed by atoms with Crippen LogP contribution in [0.2, 0.25) is 0 Å². The number of anilines is 1. The van der Waals surface area contributed by atoms with Crippen molar-refractivity contribution in [3.8, 4) is 0 Å². The van der Waals surface area contributed by atoms with E-state index in [-0.39, 0.29) is 25.1 Å². The second kappa shape index (κ2) is 7.69. The molecule has 3 nitrogen and oxygen atoms in total. The zero-order valence-electron chi connectivity index (χ0n) is 10.9. The van der Waals surface area contributed by atoms with Gasteiger partial charge in [0, 0.05) is 11.7 Å². The molecule has 1 atom stereocenters. The summed E-state index contributed by atoms with van der Waals surface area (Å²) in [6.07, 6.45) is 0.688. The molecule has 1 N–H and O–H groups in total. The largest absolute Gasteiger partial charge is 0.466 e. The monoisotopic (exact) mass is 253 g/mol. The molecule has 1 aromatic rings. The molecule has 0 radical (unpaired) electrons. The van der Waals surface area contributed by atoms with E-state index >= 15 is 0 Å². The van der Waals surface area contributed by atoms with Crippen LogP contribution in [-0.4, -0.2) is 25.3 Å². The van der Waals surface area contributed by atoms with Gasteiger partial charge in [0.05, 0.1) is 19.7 Å². The number of alkyl halides is 1. The van der Waals surface area contributed by atoms with Gasteiger partial charge in [0.25, 0.3) is 0 Å². The molecule has 0 aliphatic carbocycles. The number of rotatable bonds is 7. The van der Waals surface area contributed by atoms with Crippen molar-refractivity contribution in [3.63, 3.8) is 0 Å². The zero-order valence-corrected chi connectivity index (χ0v) is 10.9. The van der Waals surface area contributed by atoms with Crippen LogP contribution in [0.5, 0.6) is 0 Å². The number of nitrogens with one attached hydrogen (secondary N) is 1. The Morgan fingerprint density at radius 2 is 2.17 bits per heavy atom. The van der Waals surface area contributed by atoms with Crippen LogP contribution in [0.15, 0.2) is 24.3 Å². The van der Waals surface area contributed by atoms with Crippen LogP contribution in [0.4, 0.5) is 10.1 Å². The molecule has 0 aliphatic heterocycles. The van der Waals surface area contributed by atoms with Gasteiger partial charge < -0.3 is 10.1 Å². The van der Waals surface area contributed by atoms with Crippen molar-refractivity contribution in [2.45, 2.75) is 32.7 Å². The van der Waals surface area contributed by atoms with Gasteiger partial charge >= 0.3 is 5.97 Å². The van der Waals surface area contributed by atoms with Gasteiger partial charge in [-0.2, -0.15) is 0 Å². The van der Waals surface area contributed by atoms with Crippen LogP contribution in [-0.2, 0) is 16.0 Å². The minimum absolute atomic E-state index is 0.0401. The lowest BCUT2D eigenvalue weighted by Gasteiger charge is -2.16. The van der Waals surface area contributed by atoms with Crippen LogP contribution in [0, 0.1) is 0 Å². The summed E-state index contributed by atoms with van der Waals surface area (Å²) in [5.74, 6) is -0.245. The first-order chi connectivity index (χ1) is 8.67. The van der Waals surface area contributed by atoms with Gasteiger partial charge in [-0.15, -0.1) is 0 Å². The highest BCUT2D eigenvalue weighted by molar-refractivity contribution is 5.75. The third-order valence-corrected chi connectivity index (χ3v) is 2.60. The predicted molar refractivity (Wildman–Crippen MR) is 70.5 cm³/mol. The Morgan fingerprint density at radius 1 is 1.44 bits per heavy atom. The van der Waals surface area contributed by atoms with Gasteiger partial charge in [-0.3, -0.25) is 9.18 Å². The smallest absolute Gasteiger partial charge is 0.310 e. The highest BCUT2D eigenvalue weighted by Gasteiger charge is 2.10. The molecule has 0 fully saturated rings.